The fourth-order valence-corrected chi connectivity index (χ4v) is 2.52. The number of carbonyl (C=O) groups excluding carboxylic acids is 2. The maximum atomic E-state index is 11.9. The second kappa shape index (κ2) is 6.40. The molecule has 0 aliphatic heterocycles. The van der Waals surface area contributed by atoms with Gasteiger partial charge in [0.05, 0.1) is 16.5 Å². The fraction of sp³-hybridized carbons (Fsp3) is 0.429. The first-order valence-corrected chi connectivity index (χ1v) is 7.05. The predicted octanol–water partition coefficient (Wildman–Crippen LogP) is 3.16. The number of amides is 1. The molecule has 2 rings (SSSR count). The van der Waals surface area contributed by atoms with E-state index in [1.54, 1.807) is 18.2 Å². The summed E-state index contributed by atoms with van der Waals surface area (Å²) in [4.78, 5) is 23.0. The van der Waals surface area contributed by atoms with E-state index in [-0.39, 0.29) is 24.2 Å². The lowest BCUT2D eigenvalue weighted by Gasteiger charge is -2.22. The van der Waals surface area contributed by atoms with Crippen LogP contribution in [0.3, 0.4) is 0 Å². The highest BCUT2D eigenvalue weighted by Gasteiger charge is 2.20. The minimum Gasteiger partial charge on any atom is -0.353 e. The van der Waals surface area contributed by atoms with Crippen molar-refractivity contribution in [1.29, 1.82) is 0 Å². The van der Waals surface area contributed by atoms with E-state index in [0.717, 1.165) is 18.4 Å². The van der Waals surface area contributed by atoms with Crippen molar-refractivity contribution >= 4 is 34.9 Å². The zero-order chi connectivity index (χ0) is 13.8. The van der Waals surface area contributed by atoms with Crippen LogP contribution in [0.5, 0.6) is 0 Å². The highest BCUT2D eigenvalue weighted by atomic mass is 35.5. The Balaban J connectivity index is 1.87. The summed E-state index contributed by atoms with van der Waals surface area (Å²) in [5.41, 5.74) is 0.832. The number of hydrogen-bond donors (Lipinski definition) is 1. The molecule has 3 nitrogen and oxygen atoms in total. The number of Topliss-reactive ketones (excluding diaryl/α,β-unsaturated/α-hetero) is 1. The molecule has 0 radical (unpaired) electrons. The SMILES string of the molecule is O=C1CCC(NC(=O)Cc2ccc(Cl)c(Cl)c2)CC1. The monoisotopic (exact) mass is 299 g/mol. The van der Waals surface area contributed by atoms with E-state index >= 15 is 0 Å². The van der Waals surface area contributed by atoms with E-state index in [1.165, 1.54) is 0 Å². The summed E-state index contributed by atoms with van der Waals surface area (Å²) in [6.07, 6.45) is 2.90. The molecule has 0 atom stereocenters. The molecule has 0 unspecified atom stereocenters. The van der Waals surface area contributed by atoms with Crippen LogP contribution in [0.2, 0.25) is 10.0 Å². The topological polar surface area (TPSA) is 46.2 Å². The Morgan fingerprint density at radius 1 is 1.21 bits per heavy atom. The second-order valence-corrected chi connectivity index (χ2v) is 5.62. The van der Waals surface area contributed by atoms with Gasteiger partial charge in [0.1, 0.15) is 5.78 Å². The van der Waals surface area contributed by atoms with Crippen molar-refractivity contribution in [2.75, 3.05) is 0 Å². The van der Waals surface area contributed by atoms with Crippen LogP contribution < -0.4 is 5.32 Å². The van der Waals surface area contributed by atoms with E-state index in [2.05, 4.69) is 5.32 Å². The third kappa shape index (κ3) is 4.22. The molecular formula is C14H15Cl2NO2. The Morgan fingerprint density at radius 3 is 2.53 bits per heavy atom. The van der Waals surface area contributed by atoms with Crippen molar-refractivity contribution in [2.45, 2.75) is 38.1 Å². The molecule has 1 aliphatic carbocycles. The van der Waals surface area contributed by atoms with Gasteiger partial charge in [0.25, 0.3) is 0 Å². The maximum absolute atomic E-state index is 11.9. The number of halogens is 2. The molecule has 0 aromatic heterocycles. The Morgan fingerprint density at radius 2 is 1.89 bits per heavy atom. The standard InChI is InChI=1S/C14H15Cl2NO2/c15-12-6-1-9(7-13(12)16)8-14(19)17-10-2-4-11(18)5-3-10/h1,6-7,10H,2-5,8H2,(H,17,19). The minimum atomic E-state index is -0.0438. The smallest absolute Gasteiger partial charge is 0.224 e. The summed E-state index contributed by atoms with van der Waals surface area (Å²) >= 11 is 11.7. The number of benzene rings is 1. The second-order valence-electron chi connectivity index (χ2n) is 4.81. The first-order chi connectivity index (χ1) is 9.04. The Labute approximate surface area is 122 Å². The molecule has 0 saturated heterocycles. The molecule has 0 spiro atoms. The van der Waals surface area contributed by atoms with Gasteiger partial charge in [0.15, 0.2) is 0 Å². The van der Waals surface area contributed by atoms with Gasteiger partial charge in [-0.2, -0.15) is 0 Å². The first-order valence-electron chi connectivity index (χ1n) is 6.29. The largest absolute Gasteiger partial charge is 0.353 e. The van der Waals surface area contributed by atoms with Gasteiger partial charge in [-0.25, -0.2) is 0 Å². The average Bonchev–Trinajstić information content (AvgIpc) is 2.37. The predicted molar refractivity (Wildman–Crippen MR) is 75.6 cm³/mol. The van der Waals surface area contributed by atoms with E-state index in [9.17, 15) is 9.59 Å². The molecule has 1 amide bonds. The highest BCUT2D eigenvalue weighted by Crippen LogP contribution is 2.23. The zero-order valence-electron chi connectivity index (χ0n) is 10.4. The lowest BCUT2D eigenvalue weighted by atomic mass is 9.94. The van der Waals surface area contributed by atoms with E-state index < -0.39 is 0 Å². The summed E-state index contributed by atoms with van der Waals surface area (Å²) in [7, 11) is 0. The first kappa shape index (κ1) is 14.4. The number of hydrogen-bond acceptors (Lipinski definition) is 2. The van der Waals surface area contributed by atoms with Gasteiger partial charge in [-0.1, -0.05) is 29.3 Å². The lowest BCUT2D eigenvalue weighted by molar-refractivity contribution is -0.124. The molecule has 19 heavy (non-hydrogen) atoms. The molecule has 1 aliphatic rings. The van der Waals surface area contributed by atoms with Gasteiger partial charge < -0.3 is 5.32 Å². The van der Waals surface area contributed by atoms with E-state index in [4.69, 9.17) is 23.2 Å². The van der Waals surface area contributed by atoms with Crippen LogP contribution in [0, 0.1) is 0 Å². The van der Waals surface area contributed by atoms with Crippen LogP contribution in [0.25, 0.3) is 0 Å². The van der Waals surface area contributed by atoms with Crippen molar-refractivity contribution in [3.05, 3.63) is 33.8 Å². The molecule has 1 N–H and O–H groups in total. The Kier molecular flexibility index (Phi) is 4.83. The highest BCUT2D eigenvalue weighted by molar-refractivity contribution is 6.42. The van der Waals surface area contributed by atoms with Crippen LogP contribution in [0.4, 0.5) is 0 Å². The van der Waals surface area contributed by atoms with Crippen LogP contribution in [0.15, 0.2) is 18.2 Å². The molecule has 0 bridgehead atoms. The number of rotatable bonds is 3. The normalized spacial score (nSPS) is 16.4. The van der Waals surface area contributed by atoms with Crippen LogP contribution in [-0.2, 0) is 16.0 Å². The van der Waals surface area contributed by atoms with Crippen molar-refractivity contribution in [2.24, 2.45) is 0 Å². The molecule has 5 heteroatoms. The Bertz CT molecular complexity index is 492. The van der Waals surface area contributed by atoms with Crippen molar-refractivity contribution in [3.63, 3.8) is 0 Å². The summed E-state index contributed by atoms with van der Waals surface area (Å²) < 4.78 is 0. The maximum Gasteiger partial charge on any atom is 0.224 e. The molecular weight excluding hydrogens is 285 g/mol. The molecule has 1 aromatic rings. The third-order valence-electron chi connectivity index (χ3n) is 3.26. The van der Waals surface area contributed by atoms with Gasteiger partial charge in [0, 0.05) is 18.9 Å². The summed E-state index contributed by atoms with van der Waals surface area (Å²) in [5.74, 6) is 0.243. The molecule has 1 fully saturated rings. The van der Waals surface area contributed by atoms with E-state index in [1.807, 2.05) is 0 Å². The quantitative estimate of drug-likeness (QED) is 0.932. The zero-order valence-corrected chi connectivity index (χ0v) is 11.9. The van der Waals surface area contributed by atoms with Crippen molar-refractivity contribution in [1.82, 2.24) is 5.32 Å². The van der Waals surface area contributed by atoms with E-state index in [0.29, 0.717) is 22.9 Å². The molecule has 0 heterocycles. The van der Waals surface area contributed by atoms with Gasteiger partial charge in [-0.05, 0) is 30.5 Å². The summed E-state index contributed by atoms with van der Waals surface area (Å²) in [5, 5.41) is 3.89. The molecule has 1 saturated carbocycles. The van der Waals surface area contributed by atoms with Gasteiger partial charge in [-0.3, -0.25) is 9.59 Å². The van der Waals surface area contributed by atoms with Crippen molar-refractivity contribution in [3.8, 4) is 0 Å². The number of nitrogens with one attached hydrogen (secondary N) is 1. The minimum absolute atomic E-state index is 0.0438. The number of carbonyl (C=O) groups is 2. The third-order valence-corrected chi connectivity index (χ3v) is 4.00. The summed E-state index contributed by atoms with van der Waals surface area (Å²) in [6, 6.07) is 5.30. The number of ketones is 1. The molecule has 102 valence electrons. The van der Waals surface area contributed by atoms with Gasteiger partial charge in [-0.15, -0.1) is 0 Å². The fourth-order valence-electron chi connectivity index (χ4n) is 2.20. The van der Waals surface area contributed by atoms with Crippen LogP contribution in [-0.4, -0.2) is 17.7 Å². The van der Waals surface area contributed by atoms with Crippen LogP contribution in [0.1, 0.15) is 31.2 Å². The average molecular weight is 300 g/mol. The van der Waals surface area contributed by atoms with Crippen LogP contribution >= 0.6 is 23.2 Å². The summed E-state index contributed by atoms with van der Waals surface area (Å²) in [6.45, 7) is 0. The van der Waals surface area contributed by atoms with Gasteiger partial charge in [0.2, 0.25) is 5.91 Å². The van der Waals surface area contributed by atoms with Gasteiger partial charge >= 0.3 is 0 Å². The van der Waals surface area contributed by atoms with Crippen molar-refractivity contribution < 1.29 is 9.59 Å². The molecule has 1 aromatic carbocycles. The Hall–Kier alpha value is -1.06. The lowest BCUT2D eigenvalue weighted by Crippen LogP contribution is -2.38.